The van der Waals surface area contributed by atoms with Crippen LogP contribution in [-0.2, 0) is 4.79 Å². The summed E-state index contributed by atoms with van der Waals surface area (Å²) in [6, 6.07) is 5.79. The Labute approximate surface area is 138 Å². The van der Waals surface area contributed by atoms with E-state index >= 15 is 0 Å². The van der Waals surface area contributed by atoms with Crippen molar-refractivity contribution in [2.24, 2.45) is 5.92 Å². The van der Waals surface area contributed by atoms with E-state index < -0.39 is 0 Å². The fourth-order valence-corrected chi connectivity index (χ4v) is 2.80. The Hall–Kier alpha value is -2.23. The van der Waals surface area contributed by atoms with Crippen molar-refractivity contribution in [3.8, 4) is 11.5 Å². The molecule has 2 rings (SSSR count). The van der Waals surface area contributed by atoms with Gasteiger partial charge in [0.25, 0.3) is 0 Å². The van der Waals surface area contributed by atoms with Crippen molar-refractivity contribution in [3.05, 3.63) is 42.7 Å². The van der Waals surface area contributed by atoms with E-state index in [9.17, 15) is 4.79 Å². The van der Waals surface area contributed by atoms with Crippen LogP contribution in [0.3, 0.4) is 0 Å². The minimum Gasteiger partial charge on any atom is -0.493 e. The maximum atomic E-state index is 12.0. The van der Waals surface area contributed by atoms with E-state index in [1.54, 1.807) is 25.3 Å². The highest BCUT2D eigenvalue weighted by atomic mass is 16.5. The first-order valence-electron chi connectivity index (χ1n) is 8.06. The molecule has 1 aromatic rings. The molecule has 4 nitrogen and oxygen atoms in total. The number of hydrogen-bond acceptors (Lipinski definition) is 3. The molecule has 1 aliphatic rings. The minimum atomic E-state index is -0.0464. The third-order valence-corrected chi connectivity index (χ3v) is 4.19. The molecule has 124 valence electrons. The molecule has 1 aromatic carbocycles. The Bertz CT molecular complexity index is 572. The minimum absolute atomic E-state index is 0.0464. The molecule has 0 aliphatic heterocycles. The van der Waals surface area contributed by atoms with Crippen LogP contribution in [0.5, 0.6) is 11.5 Å². The van der Waals surface area contributed by atoms with Gasteiger partial charge in [-0.05, 0) is 55.4 Å². The van der Waals surface area contributed by atoms with E-state index in [0.29, 0.717) is 17.5 Å². The van der Waals surface area contributed by atoms with Crippen LogP contribution in [0.1, 0.15) is 38.2 Å². The lowest BCUT2D eigenvalue weighted by molar-refractivity contribution is -0.117. The molecule has 0 atom stereocenters. The summed E-state index contributed by atoms with van der Waals surface area (Å²) in [7, 11) is 1.58. The van der Waals surface area contributed by atoms with Crippen molar-refractivity contribution >= 4 is 12.0 Å². The van der Waals surface area contributed by atoms with Crippen LogP contribution in [-0.4, -0.2) is 19.1 Å². The van der Waals surface area contributed by atoms with Gasteiger partial charge < -0.3 is 14.8 Å². The summed E-state index contributed by atoms with van der Waals surface area (Å²) in [5.74, 6) is 1.94. The van der Waals surface area contributed by atoms with E-state index in [-0.39, 0.29) is 5.91 Å². The number of ether oxygens (including phenoxy) is 2. The lowest BCUT2D eigenvalue weighted by Crippen LogP contribution is -2.36. The monoisotopic (exact) mass is 315 g/mol. The summed E-state index contributed by atoms with van der Waals surface area (Å²) in [5.41, 5.74) is 0.880. The Balaban J connectivity index is 1.93. The van der Waals surface area contributed by atoms with Crippen LogP contribution >= 0.6 is 0 Å². The Morgan fingerprint density at radius 3 is 2.65 bits per heavy atom. The molecular weight excluding hydrogens is 290 g/mol. The van der Waals surface area contributed by atoms with E-state index in [2.05, 4.69) is 18.8 Å². The van der Waals surface area contributed by atoms with Gasteiger partial charge in [0.05, 0.1) is 13.4 Å². The Kier molecular flexibility index (Phi) is 6.27. The molecule has 0 saturated heterocycles. The topological polar surface area (TPSA) is 47.6 Å². The number of carbonyl (C=O) groups excluding carboxylic acids is 1. The van der Waals surface area contributed by atoms with Crippen LogP contribution in [0.25, 0.3) is 6.08 Å². The van der Waals surface area contributed by atoms with Crippen molar-refractivity contribution in [2.75, 3.05) is 7.11 Å². The molecule has 0 spiro atoms. The zero-order valence-electron chi connectivity index (χ0n) is 13.9. The van der Waals surface area contributed by atoms with Crippen LogP contribution in [0, 0.1) is 5.92 Å². The van der Waals surface area contributed by atoms with Crippen molar-refractivity contribution in [2.45, 2.75) is 38.6 Å². The molecule has 0 bridgehead atoms. The smallest absolute Gasteiger partial charge is 0.244 e. The fourth-order valence-electron chi connectivity index (χ4n) is 2.80. The molecule has 4 heteroatoms. The Morgan fingerprint density at radius 2 is 2.00 bits per heavy atom. The van der Waals surface area contributed by atoms with Crippen LogP contribution < -0.4 is 14.8 Å². The van der Waals surface area contributed by atoms with Gasteiger partial charge in [0.2, 0.25) is 5.91 Å². The predicted molar refractivity (Wildman–Crippen MR) is 92.4 cm³/mol. The maximum Gasteiger partial charge on any atom is 0.244 e. The molecular formula is C19H25NO3. The molecule has 1 saturated carbocycles. The summed E-state index contributed by atoms with van der Waals surface area (Å²) in [5, 5.41) is 3.07. The van der Waals surface area contributed by atoms with Gasteiger partial charge in [0, 0.05) is 12.1 Å². The largest absolute Gasteiger partial charge is 0.493 e. The lowest BCUT2D eigenvalue weighted by Gasteiger charge is -2.26. The third kappa shape index (κ3) is 5.16. The first-order chi connectivity index (χ1) is 11.1. The van der Waals surface area contributed by atoms with Crippen molar-refractivity contribution < 1.29 is 14.3 Å². The van der Waals surface area contributed by atoms with Gasteiger partial charge in [-0.15, -0.1) is 0 Å². The SMILES string of the molecule is C=COc1ccc(C=CC(=O)N[C@H]2CC[C@H](C)CC2)cc1OC. The van der Waals surface area contributed by atoms with Crippen molar-refractivity contribution in [3.63, 3.8) is 0 Å². The van der Waals surface area contributed by atoms with Gasteiger partial charge >= 0.3 is 0 Å². The average molecular weight is 315 g/mol. The quantitative estimate of drug-likeness (QED) is 0.639. The highest BCUT2D eigenvalue weighted by Crippen LogP contribution is 2.28. The van der Waals surface area contributed by atoms with E-state index in [0.717, 1.165) is 24.3 Å². The predicted octanol–water partition coefficient (Wildman–Crippen LogP) is 3.93. The molecule has 1 N–H and O–H groups in total. The van der Waals surface area contributed by atoms with Gasteiger partial charge in [-0.2, -0.15) is 0 Å². The molecule has 0 heterocycles. The molecule has 1 amide bonds. The van der Waals surface area contributed by atoms with Gasteiger partial charge in [0.15, 0.2) is 11.5 Å². The highest BCUT2D eigenvalue weighted by Gasteiger charge is 2.18. The normalized spacial score (nSPS) is 21.0. The third-order valence-electron chi connectivity index (χ3n) is 4.19. The first-order valence-corrected chi connectivity index (χ1v) is 8.06. The number of methoxy groups -OCH3 is 1. The standard InChI is InChI=1S/C19H25NO3/c1-4-23-17-11-7-15(13-18(17)22-3)8-12-19(21)20-16-9-5-14(2)6-10-16/h4,7-8,11-14,16H,1,5-6,9-10H2,2-3H3,(H,20,21)/t14-,16-. The summed E-state index contributed by atoms with van der Waals surface area (Å²) in [4.78, 5) is 12.0. The van der Waals surface area contributed by atoms with Crippen LogP contribution in [0.15, 0.2) is 37.1 Å². The van der Waals surface area contributed by atoms with E-state index in [1.165, 1.54) is 19.1 Å². The number of carbonyl (C=O) groups is 1. The van der Waals surface area contributed by atoms with Crippen LogP contribution in [0.4, 0.5) is 0 Å². The molecule has 0 unspecified atom stereocenters. The Morgan fingerprint density at radius 1 is 1.26 bits per heavy atom. The second-order valence-electron chi connectivity index (χ2n) is 5.99. The van der Waals surface area contributed by atoms with Gasteiger partial charge in [-0.3, -0.25) is 4.79 Å². The zero-order chi connectivity index (χ0) is 16.7. The summed E-state index contributed by atoms with van der Waals surface area (Å²) in [6.07, 6.45) is 9.23. The number of amides is 1. The fraction of sp³-hybridized carbons (Fsp3) is 0.421. The van der Waals surface area contributed by atoms with Crippen molar-refractivity contribution in [1.82, 2.24) is 5.32 Å². The lowest BCUT2D eigenvalue weighted by atomic mass is 9.87. The molecule has 0 aromatic heterocycles. The summed E-state index contributed by atoms with van der Waals surface area (Å²) < 4.78 is 10.5. The molecule has 1 aliphatic carbocycles. The zero-order valence-corrected chi connectivity index (χ0v) is 13.9. The second kappa shape index (κ2) is 8.42. The first kappa shape index (κ1) is 17.1. The maximum absolute atomic E-state index is 12.0. The summed E-state index contributed by atoms with van der Waals surface area (Å²) in [6.45, 7) is 5.80. The van der Waals surface area contributed by atoms with Gasteiger partial charge in [-0.1, -0.05) is 19.6 Å². The van der Waals surface area contributed by atoms with E-state index in [1.807, 2.05) is 12.1 Å². The second-order valence-corrected chi connectivity index (χ2v) is 5.99. The van der Waals surface area contributed by atoms with E-state index in [4.69, 9.17) is 9.47 Å². The number of benzene rings is 1. The highest BCUT2D eigenvalue weighted by molar-refractivity contribution is 5.92. The molecule has 1 fully saturated rings. The molecule has 23 heavy (non-hydrogen) atoms. The van der Waals surface area contributed by atoms with Crippen LogP contribution in [0.2, 0.25) is 0 Å². The number of nitrogens with one attached hydrogen (secondary N) is 1. The average Bonchev–Trinajstić information content (AvgIpc) is 2.56. The molecule has 0 radical (unpaired) electrons. The number of rotatable bonds is 6. The number of hydrogen-bond donors (Lipinski definition) is 1. The van der Waals surface area contributed by atoms with Gasteiger partial charge in [0.1, 0.15) is 0 Å². The van der Waals surface area contributed by atoms with Gasteiger partial charge in [-0.25, -0.2) is 0 Å². The van der Waals surface area contributed by atoms with Crippen molar-refractivity contribution in [1.29, 1.82) is 0 Å². The summed E-state index contributed by atoms with van der Waals surface area (Å²) >= 11 is 0.